The first-order chi connectivity index (χ1) is 12.8. The molecule has 1 aliphatic rings. The Kier molecular flexibility index (Phi) is 7.39. The number of aliphatic carboxylic acids is 1. The molecule has 0 aliphatic heterocycles. The molecule has 1 aromatic rings. The van der Waals surface area contributed by atoms with Gasteiger partial charge in [-0.1, -0.05) is 46.1 Å². The highest BCUT2D eigenvalue weighted by Crippen LogP contribution is 2.36. The molecular formula is C21H30N2O4. The number of benzene rings is 1. The zero-order valence-corrected chi connectivity index (χ0v) is 16.5. The van der Waals surface area contributed by atoms with Gasteiger partial charge < -0.3 is 10.0 Å². The van der Waals surface area contributed by atoms with Crippen molar-refractivity contribution in [3.63, 3.8) is 0 Å². The number of anilines is 1. The van der Waals surface area contributed by atoms with Crippen LogP contribution in [0.15, 0.2) is 24.3 Å². The van der Waals surface area contributed by atoms with E-state index in [0.717, 1.165) is 38.3 Å². The van der Waals surface area contributed by atoms with Gasteiger partial charge in [0.1, 0.15) is 5.69 Å². The van der Waals surface area contributed by atoms with Crippen LogP contribution in [0.2, 0.25) is 0 Å². The normalized spacial score (nSPS) is 15.8. The van der Waals surface area contributed by atoms with E-state index in [0.29, 0.717) is 35.2 Å². The van der Waals surface area contributed by atoms with Gasteiger partial charge in [-0.25, -0.2) is 4.79 Å². The van der Waals surface area contributed by atoms with Crippen molar-refractivity contribution in [2.24, 2.45) is 5.92 Å². The molecule has 0 aromatic heterocycles. The molecule has 148 valence electrons. The van der Waals surface area contributed by atoms with Gasteiger partial charge in [0.15, 0.2) is 0 Å². The number of nitro benzene ring substituents is 1. The molecule has 6 nitrogen and oxygen atoms in total. The van der Waals surface area contributed by atoms with Crippen molar-refractivity contribution in [2.75, 3.05) is 11.4 Å². The van der Waals surface area contributed by atoms with Gasteiger partial charge in [0, 0.05) is 24.7 Å². The van der Waals surface area contributed by atoms with Gasteiger partial charge in [0.2, 0.25) is 0 Å². The fraction of sp³-hybridized carbons (Fsp3) is 0.571. The molecule has 1 N–H and O–H groups in total. The maximum Gasteiger partial charge on any atom is 0.328 e. The molecule has 0 atom stereocenters. The average molecular weight is 374 g/mol. The highest BCUT2D eigenvalue weighted by molar-refractivity contribution is 5.90. The first-order valence-electron chi connectivity index (χ1n) is 9.82. The Bertz CT molecular complexity index is 706. The Morgan fingerprint density at radius 1 is 1.33 bits per heavy atom. The largest absolute Gasteiger partial charge is 0.478 e. The predicted molar refractivity (Wildman–Crippen MR) is 108 cm³/mol. The first-order valence-corrected chi connectivity index (χ1v) is 9.82. The fourth-order valence-corrected chi connectivity index (χ4v) is 3.88. The summed E-state index contributed by atoms with van der Waals surface area (Å²) < 4.78 is 0. The lowest BCUT2D eigenvalue weighted by molar-refractivity contribution is -0.384. The second-order valence-electron chi connectivity index (χ2n) is 7.66. The van der Waals surface area contributed by atoms with Gasteiger partial charge in [0.25, 0.3) is 5.69 Å². The lowest BCUT2D eigenvalue weighted by Gasteiger charge is -2.37. The van der Waals surface area contributed by atoms with Crippen LogP contribution in [0.3, 0.4) is 0 Å². The van der Waals surface area contributed by atoms with Gasteiger partial charge in [-0.2, -0.15) is 0 Å². The third-order valence-corrected chi connectivity index (χ3v) is 5.11. The van der Waals surface area contributed by atoms with Crippen molar-refractivity contribution in [3.8, 4) is 0 Å². The molecular weight excluding hydrogens is 344 g/mol. The summed E-state index contributed by atoms with van der Waals surface area (Å²) in [6, 6.07) is 5.47. The minimum atomic E-state index is -1.04. The van der Waals surface area contributed by atoms with Crippen molar-refractivity contribution in [2.45, 2.75) is 65.3 Å². The highest BCUT2D eigenvalue weighted by atomic mass is 16.6. The number of hydrogen-bond donors (Lipinski definition) is 1. The third kappa shape index (κ3) is 5.55. The van der Waals surface area contributed by atoms with E-state index in [2.05, 4.69) is 18.7 Å². The lowest BCUT2D eigenvalue weighted by atomic mass is 9.92. The van der Waals surface area contributed by atoms with Crippen molar-refractivity contribution in [3.05, 3.63) is 40.0 Å². The molecule has 0 saturated heterocycles. The molecule has 1 saturated carbocycles. The molecule has 0 bridgehead atoms. The lowest BCUT2D eigenvalue weighted by Crippen LogP contribution is -2.39. The van der Waals surface area contributed by atoms with Crippen LogP contribution in [0.1, 0.15) is 64.9 Å². The Morgan fingerprint density at radius 3 is 2.52 bits per heavy atom. The number of carbonyl (C=O) groups is 1. The number of carboxylic acid groups (broad SMARTS) is 1. The standard InChI is InChI=1S/C21H30N2O4/c1-4-16(13-21(24)25)17-10-11-19(20(12-17)23(26)27)22(14-15(2)3)18-8-6-5-7-9-18/h10-13,15,18H,4-9,14H2,1-3H3,(H,24,25)/b16-13+. The summed E-state index contributed by atoms with van der Waals surface area (Å²) >= 11 is 0. The number of allylic oxidation sites excluding steroid dienone is 1. The molecule has 0 amide bonds. The van der Waals surface area contributed by atoms with Crippen LogP contribution in [-0.4, -0.2) is 28.6 Å². The first kappa shape index (κ1) is 20.9. The quantitative estimate of drug-likeness (QED) is 0.381. The zero-order valence-electron chi connectivity index (χ0n) is 16.5. The van der Waals surface area contributed by atoms with E-state index < -0.39 is 5.97 Å². The molecule has 6 heteroatoms. The predicted octanol–water partition coefficient (Wildman–Crippen LogP) is 5.27. The zero-order chi connectivity index (χ0) is 20.0. The van der Waals surface area contributed by atoms with Gasteiger partial charge in [-0.05, 0) is 42.4 Å². The molecule has 1 fully saturated rings. The van der Waals surface area contributed by atoms with E-state index in [-0.39, 0.29) is 10.6 Å². The van der Waals surface area contributed by atoms with Crippen LogP contribution in [0.4, 0.5) is 11.4 Å². The van der Waals surface area contributed by atoms with E-state index in [1.165, 1.54) is 12.5 Å². The number of hydrogen-bond acceptors (Lipinski definition) is 4. The van der Waals surface area contributed by atoms with Crippen molar-refractivity contribution in [1.82, 2.24) is 0 Å². The van der Waals surface area contributed by atoms with Crippen LogP contribution in [0.25, 0.3) is 5.57 Å². The van der Waals surface area contributed by atoms with E-state index in [9.17, 15) is 14.9 Å². The van der Waals surface area contributed by atoms with Gasteiger partial charge in [-0.15, -0.1) is 0 Å². The maximum atomic E-state index is 11.8. The Hall–Kier alpha value is -2.37. The monoisotopic (exact) mass is 374 g/mol. The second kappa shape index (κ2) is 9.53. The number of nitrogens with zero attached hydrogens (tertiary/aromatic N) is 2. The molecule has 27 heavy (non-hydrogen) atoms. The maximum absolute atomic E-state index is 11.8. The molecule has 0 spiro atoms. The minimum absolute atomic E-state index is 0.0588. The fourth-order valence-electron chi connectivity index (χ4n) is 3.88. The van der Waals surface area contributed by atoms with Crippen LogP contribution >= 0.6 is 0 Å². The summed E-state index contributed by atoms with van der Waals surface area (Å²) in [5.74, 6) is -0.647. The SMILES string of the molecule is CC/C(=C\C(=O)O)c1ccc(N(CC(C)C)C2CCCCC2)c([N+](=O)[O-])c1. The molecule has 1 aromatic carbocycles. The van der Waals surface area contributed by atoms with Crippen LogP contribution in [0, 0.1) is 16.0 Å². The Labute approximate surface area is 161 Å². The topological polar surface area (TPSA) is 83.7 Å². The summed E-state index contributed by atoms with van der Waals surface area (Å²) in [5, 5.41) is 20.9. The molecule has 0 radical (unpaired) electrons. The van der Waals surface area contributed by atoms with Crippen molar-refractivity contribution < 1.29 is 14.8 Å². The van der Waals surface area contributed by atoms with E-state index >= 15 is 0 Å². The van der Waals surface area contributed by atoms with E-state index in [1.54, 1.807) is 6.07 Å². The number of carboxylic acids is 1. The summed E-state index contributed by atoms with van der Waals surface area (Å²) in [6.45, 7) is 6.87. The number of rotatable bonds is 8. The molecule has 0 heterocycles. The Morgan fingerprint density at radius 2 is 2.00 bits per heavy atom. The second-order valence-corrected chi connectivity index (χ2v) is 7.66. The summed E-state index contributed by atoms with van der Waals surface area (Å²) in [4.78, 5) is 24.7. The average Bonchev–Trinajstić information content (AvgIpc) is 2.64. The van der Waals surface area contributed by atoms with E-state index in [1.807, 2.05) is 13.0 Å². The summed E-state index contributed by atoms with van der Waals surface area (Å²) in [7, 11) is 0. The summed E-state index contributed by atoms with van der Waals surface area (Å²) in [6.07, 6.45) is 7.30. The van der Waals surface area contributed by atoms with Crippen molar-refractivity contribution in [1.29, 1.82) is 0 Å². The van der Waals surface area contributed by atoms with Crippen molar-refractivity contribution >= 4 is 22.9 Å². The molecule has 0 unspecified atom stereocenters. The van der Waals surface area contributed by atoms with E-state index in [4.69, 9.17) is 5.11 Å². The van der Waals surface area contributed by atoms with Gasteiger partial charge in [0.05, 0.1) is 4.92 Å². The molecule has 1 aliphatic carbocycles. The Balaban J connectivity index is 2.49. The number of nitro groups is 1. The highest BCUT2D eigenvalue weighted by Gasteiger charge is 2.28. The van der Waals surface area contributed by atoms with Crippen LogP contribution in [0.5, 0.6) is 0 Å². The third-order valence-electron chi connectivity index (χ3n) is 5.11. The van der Waals surface area contributed by atoms with Gasteiger partial charge >= 0.3 is 5.97 Å². The van der Waals surface area contributed by atoms with Crippen LogP contribution in [-0.2, 0) is 4.79 Å². The smallest absolute Gasteiger partial charge is 0.328 e. The van der Waals surface area contributed by atoms with Crippen LogP contribution < -0.4 is 4.90 Å². The summed E-state index contributed by atoms with van der Waals surface area (Å²) in [5.41, 5.74) is 1.90. The van der Waals surface area contributed by atoms with Gasteiger partial charge in [-0.3, -0.25) is 10.1 Å². The minimum Gasteiger partial charge on any atom is -0.478 e. The molecule has 2 rings (SSSR count).